The average molecular weight is 310 g/mol. The molecule has 0 spiro atoms. The molecule has 2 N–H and O–H groups in total. The number of aliphatic hydroxyl groups is 1. The molecule has 0 aliphatic carbocycles. The van der Waals surface area contributed by atoms with Gasteiger partial charge >= 0.3 is 0 Å². The Morgan fingerprint density at radius 1 is 1.33 bits per heavy atom. The van der Waals surface area contributed by atoms with Gasteiger partial charge in [0, 0.05) is 16.3 Å². The molecule has 0 saturated heterocycles. The van der Waals surface area contributed by atoms with E-state index in [9.17, 15) is 14.3 Å². The van der Waals surface area contributed by atoms with Crippen LogP contribution >= 0.6 is 11.6 Å². The number of anilines is 1. The molecule has 6 heteroatoms. The maximum atomic E-state index is 13.6. The van der Waals surface area contributed by atoms with Crippen LogP contribution in [-0.2, 0) is 6.61 Å². The van der Waals surface area contributed by atoms with E-state index >= 15 is 0 Å². The van der Waals surface area contributed by atoms with E-state index in [2.05, 4.69) is 5.32 Å². The van der Waals surface area contributed by atoms with Gasteiger partial charge in [0.1, 0.15) is 11.6 Å². The molecule has 0 radical (unpaired) electrons. The number of amides is 1. The zero-order valence-corrected chi connectivity index (χ0v) is 11.9. The van der Waals surface area contributed by atoms with Crippen LogP contribution in [0.15, 0.2) is 36.4 Å². The molecule has 2 aromatic carbocycles. The summed E-state index contributed by atoms with van der Waals surface area (Å²) in [7, 11) is 1.48. The molecule has 0 aliphatic heterocycles. The Balaban J connectivity index is 2.25. The molecule has 110 valence electrons. The van der Waals surface area contributed by atoms with Crippen LogP contribution in [0.5, 0.6) is 5.75 Å². The van der Waals surface area contributed by atoms with Crippen molar-refractivity contribution in [3.05, 3.63) is 58.4 Å². The lowest BCUT2D eigenvalue weighted by Crippen LogP contribution is -2.14. The van der Waals surface area contributed by atoms with Crippen LogP contribution in [-0.4, -0.2) is 18.1 Å². The van der Waals surface area contributed by atoms with E-state index in [1.54, 1.807) is 18.2 Å². The highest BCUT2D eigenvalue weighted by molar-refractivity contribution is 6.31. The maximum absolute atomic E-state index is 13.6. The Morgan fingerprint density at radius 2 is 2.10 bits per heavy atom. The van der Waals surface area contributed by atoms with Gasteiger partial charge in [0.2, 0.25) is 0 Å². The molecular formula is C15H13ClFNO3. The lowest BCUT2D eigenvalue weighted by Gasteiger charge is -2.10. The van der Waals surface area contributed by atoms with Gasteiger partial charge in [-0.2, -0.15) is 0 Å². The molecule has 0 saturated carbocycles. The van der Waals surface area contributed by atoms with Crippen molar-refractivity contribution in [2.45, 2.75) is 6.61 Å². The minimum absolute atomic E-state index is 0.149. The minimum atomic E-state index is -0.659. The molecule has 0 atom stereocenters. The van der Waals surface area contributed by atoms with Crippen molar-refractivity contribution in [1.82, 2.24) is 0 Å². The fraction of sp³-hybridized carbons (Fsp3) is 0.133. The maximum Gasteiger partial charge on any atom is 0.258 e. The van der Waals surface area contributed by atoms with Crippen molar-refractivity contribution < 1.29 is 19.0 Å². The summed E-state index contributed by atoms with van der Waals surface area (Å²) in [6.07, 6.45) is 0. The second kappa shape index (κ2) is 6.56. The monoisotopic (exact) mass is 309 g/mol. The van der Waals surface area contributed by atoms with E-state index in [1.807, 2.05) is 0 Å². The highest BCUT2D eigenvalue weighted by atomic mass is 35.5. The molecule has 4 nitrogen and oxygen atoms in total. The van der Waals surface area contributed by atoms with Gasteiger partial charge in [0.05, 0.1) is 19.3 Å². The highest BCUT2D eigenvalue weighted by Gasteiger charge is 2.13. The molecule has 0 aromatic heterocycles. The first-order chi connectivity index (χ1) is 10.0. The van der Waals surface area contributed by atoms with Gasteiger partial charge in [0.25, 0.3) is 5.91 Å². The molecule has 2 aromatic rings. The van der Waals surface area contributed by atoms with Gasteiger partial charge in [-0.25, -0.2) is 4.39 Å². The first kappa shape index (κ1) is 15.3. The summed E-state index contributed by atoms with van der Waals surface area (Å²) in [5.41, 5.74) is 0.787. The van der Waals surface area contributed by atoms with E-state index in [0.29, 0.717) is 17.0 Å². The largest absolute Gasteiger partial charge is 0.496 e. The van der Waals surface area contributed by atoms with Gasteiger partial charge in [-0.3, -0.25) is 4.79 Å². The third-order valence-corrected chi connectivity index (χ3v) is 3.12. The molecule has 0 unspecified atom stereocenters. The summed E-state index contributed by atoms with van der Waals surface area (Å²) in [4.78, 5) is 12.0. The fourth-order valence-electron chi connectivity index (χ4n) is 1.85. The predicted molar refractivity (Wildman–Crippen MR) is 78.3 cm³/mol. The van der Waals surface area contributed by atoms with Crippen LogP contribution in [0.3, 0.4) is 0 Å². The van der Waals surface area contributed by atoms with Gasteiger partial charge < -0.3 is 15.2 Å². The molecule has 0 fully saturated rings. The normalized spacial score (nSPS) is 10.3. The van der Waals surface area contributed by atoms with Crippen molar-refractivity contribution in [2.75, 3.05) is 12.4 Å². The zero-order valence-electron chi connectivity index (χ0n) is 11.2. The molecule has 1 amide bonds. The van der Waals surface area contributed by atoms with Crippen LogP contribution in [0.2, 0.25) is 5.02 Å². The fourth-order valence-corrected chi connectivity index (χ4v) is 2.02. The molecule has 2 rings (SSSR count). The number of aliphatic hydroxyl groups excluding tert-OH is 1. The summed E-state index contributed by atoms with van der Waals surface area (Å²) in [5.74, 6) is -0.777. The lowest BCUT2D eigenvalue weighted by atomic mass is 10.1. The van der Waals surface area contributed by atoms with Gasteiger partial charge in [-0.05, 0) is 36.4 Å². The second-order valence-electron chi connectivity index (χ2n) is 4.26. The van der Waals surface area contributed by atoms with Crippen molar-refractivity contribution >= 4 is 23.2 Å². The van der Waals surface area contributed by atoms with Crippen LogP contribution in [0.25, 0.3) is 0 Å². The number of methoxy groups -OCH3 is 1. The van der Waals surface area contributed by atoms with Crippen molar-refractivity contribution in [3.8, 4) is 5.75 Å². The minimum Gasteiger partial charge on any atom is -0.496 e. The number of nitrogens with one attached hydrogen (secondary N) is 1. The molecular weight excluding hydrogens is 297 g/mol. The molecule has 0 aliphatic rings. The topological polar surface area (TPSA) is 58.6 Å². The molecule has 21 heavy (non-hydrogen) atoms. The Kier molecular flexibility index (Phi) is 4.77. The number of rotatable bonds is 4. The number of benzene rings is 2. The standard InChI is InChI=1S/C15H13ClFNO3/c1-21-14-5-3-11(6-9(14)8-19)18-15(20)12-7-10(16)2-4-13(12)17/h2-7,19H,8H2,1H3,(H,18,20). The van der Waals surface area contributed by atoms with Crippen LogP contribution in [0.1, 0.15) is 15.9 Å². The van der Waals surface area contributed by atoms with E-state index < -0.39 is 11.7 Å². The van der Waals surface area contributed by atoms with E-state index in [1.165, 1.54) is 19.2 Å². The van der Waals surface area contributed by atoms with Gasteiger partial charge in [0.15, 0.2) is 0 Å². The average Bonchev–Trinajstić information content (AvgIpc) is 2.49. The second-order valence-corrected chi connectivity index (χ2v) is 4.70. The summed E-state index contributed by atoms with van der Waals surface area (Å²) in [6, 6.07) is 8.51. The SMILES string of the molecule is COc1ccc(NC(=O)c2cc(Cl)ccc2F)cc1CO. The number of ether oxygens (including phenoxy) is 1. The number of halogens is 2. The number of hydrogen-bond donors (Lipinski definition) is 2. The Hall–Kier alpha value is -2.11. The van der Waals surface area contributed by atoms with Crippen molar-refractivity contribution in [3.63, 3.8) is 0 Å². The van der Waals surface area contributed by atoms with Crippen molar-refractivity contribution in [2.24, 2.45) is 0 Å². The third kappa shape index (κ3) is 3.51. The number of carbonyl (C=O) groups excluding carboxylic acids is 1. The quantitative estimate of drug-likeness (QED) is 0.911. The van der Waals surface area contributed by atoms with Crippen LogP contribution in [0.4, 0.5) is 10.1 Å². The smallest absolute Gasteiger partial charge is 0.258 e. The molecule has 0 bridgehead atoms. The number of carbonyl (C=O) groups is 1. The van der Waals surface area contributed by atoms with Gasteiger partial charge in [-0.15, -0.1) is 0 Å². The predicted octanol–water partition coefficient (Wildman–Crippen LogP) is 3.23. The van der Waals surface area contributed by atoms with E-state index in [-0.39, 0.29) is 17.2 Å². The van der Waals surface area contributed by atoms with Crippen LogP contribution in [0, 0.1) is 5.82 Å². The first-order valence-corrected chi connectivity index (χ1v) is 6.47. The van der Waals surface area contributed by atoms with E-state index in [4.69, 9.17) is 16.3 Å². The van der Waals surface area contributed by atoms with Crippen molar-refractivity contribution in [1.29, 1.82) is 0 Å². The third-order valence-electron chi connectivity index (χ3n) is 2.88. The Morgan fingerprint density at radius 3 is 2.76 bits per heavy atom. The molecule has 0 heterocycles. The first-order valence-electron chi connectivity index (χ1n) is 6.09. The summed E-state index contributed by atoms with van der Waals surface area (Å²) in [5, 5.41) is 12.1. The summed E-state index contributed by atoms with van der Waals surface area (Å²) >= 11 is 5.75. The number of hydrogen-bond acceptors (Lipinski definition) is 3. The Labute approximate surface area is 126 Å². The van der Waals surface area contributed by atoms with Gasteiger partial charge in [-0.1, -0.05) is 11.6 Å². The van der Waals surface area contributed by atoms with E-state index in [0.717, 1.165) is 6.07 Å². The zero-order chi connectivity index (χ0) is 15.4. The lowest BCUT2D eigenvalue weighted by molar-refractivity contribution is 0.102. The summed E-state index contributed by atoms with van der Waals surface area (Å²) < 4.78 is 18.7. The summed E-state index contributed by atoms with van der Waals surface area (Å²) in [6.45, 7) is -0.238. The highest BCUT2D eigenvalue weighted by Crippen LogP contribution is 2.23. The Bertz CT molecular complexity index is 676. The van der Waals surface area contributed by atoms with Crippen LogP contribution < -0.4 is 10.1 Å².